The first kappa shape index (κ1) is 28.4. The molecule has 0 heterocycles. The van der Waals surface area contributed by atoms with Crippen LogP contribution < -0.4 is 9.80 Å². The van der Waals surface area contributed by atoms with Crippen LogP contribution in [-0.2, 0) is 6.42 Å². The van der Waals surface area contributed by atoms with E-state index in [4.69, 9.17) is 0 Å². The van der Waals surface area contributed by atoms with Crippen LogP contribution >= 0.6 is 0 Å². The lowest BCUT2D eigenvalue weighted by atomic mass is 9.96. The van der Waals surface area contributed by atoms with E-state index in [1.165, 1.54) is 21.9 Å². The lowest BCUT2D eigenvalue weighted by Gasteiger charge is -2.27. The second-order valence-electron chi connectivity index (χ2n) is 11.9. The Labute approximate surface area is 276 Å². The Bertz CT molecular complexity index is 2210. The van der Waals surface area contributed by atoms with Gasteiger partial charge in [0.25, 0.3) is 0 Å². The van der Waals surface area contributed by atoms with Crippen molar-refractivity contribution in [1.82, 2.24) is 0 Å². The molecule has 2 heteroatoms. The molecule has 0 fully saturated rings. The number of nitrogens with zero attached hydrogens (tertiary/aromatic N) is 2. The van der Waals surface area contributed by atoms with E-state index in [9.17, 15) is 0 Å². The molecule has 0 bridgehead atoms. The number of para-hydroxylation sites is 2. The Kier molecular flexibility index (Phi) is 7.69. The van der Waals surface area contributed by atoms with Crippen molar-refractivity contribution in [3.05, 3.63) is 204 Å². The van der Waals surface area contributed by atoms with Gasteiger partial charge >= 0.3 is 0 Å². The Morgan fingerprint density at radius 2 is 1.13 bits per heavy atom. The molecule has 6 aromatic carbocycles. The van der Waals surface area contributed by atoms with Crippen LogP contribution in [0.15, 0.2) is 187 Å². The lowest BCUT2D eigenvalue weighted by molar-refractivity contribution is 0.985. The highest BCUT2D eigenvalue weighted by atomic mass is 15.1. The monoisotopic (exact) mass is 602 g/mol. The highest BCUT2D eigenvalue weighted by Gasteiger charge is 2.17. The van der Waals surface area contributed by atoms with E-state index < -0.39 is 0 Å². The molecule has 224 valence electrons. The second-order valence-corrected chi connectivity index (χ2v) is 11.9. The summed E-state index contributed by atoms with van der Waals surface area (Å²) in [5.74, 6) is 0. The zero-order chi connectivity index (χ0) is 31.4. The average molecular weight is 603 g/mol. The summed E-state index contributed by atoms with van der Waals surface area (Å²) < 4.78 is 0. The molecule has 2 aliphatic rings. The Morgan fingerprint density at radius 1 is 0.489 bits per heavy atom. The predicted molar refractivity (Wildman–Crippen MR) is 200 cm³/mol. The molecule has 47 heavy (non-hydrogen) atoms. The Hall–Kier alpha value is -6.08. The minimum Gasteiger partial charge on any atom is -0.310 e. The standard InChI is InChI=1S/C45H34N2/c1-3-17-40(18-4-1)46(44-30-25-35-12-7-9-14-38(35)32-44)42-21-11-16-34(22-27-42)37-23-28-43(29-24-37)47(41-19-5-2-6-20-41)45-31-26-36-13-8-10-15-39(36)33-45/h1-7,9-12,14-20,22-33H,8,13H2. The number of benzene rings is 6. The number of hydrogen-bond acceptors (Lipinski definition) is 2. The van der Waals surface area contributed by atoms with Crippen LogP contribution in [0.4, 0.5) is 28.4 Å². The highest BCUT2D eigenvalue weighted by molar-refractivity contribution is 5.88. The van der Waals surface area contributed by atoms with Crippen molar-refractivity contribution in [2.45, 2.75) is 12.8 Å². The van der Waals surface area contributed by atoms with E-state index in [2.05, 4.69) is 192 Å². The Morgan fingerprint density at radius 3 is 1.91 bits per heavy atom. The largest absolute Gasteiger partial charge is 0.310 e. The van der Waals surface area contributed by atoms with Gasteiger partial charge in [-0.1, -0.05) is 109 Å². The molecule has 6 aromatic rings. The zero-order valence-electron chi connectivity index (χ0n) is 26.1. The van der Waals surface area contributed by atoms with Crippen molar-refractivity contribution < 1.29 is 0 Å². The van der Waals surface area contributed by atoms with Crippen molar-refractivity contribution in [3.8, 4) is 0 Å². The quantitative estimate of drug-likeness (QED) is 0.168. The fourth-order valence-corrected chi connectivity index (χ4v) is 6.52. The molecule has 0 saturated carbocycles. The molecule has 0 atom stereocenters. The third-order valence-corrected chi connectivity index (χ3v) is 8.90. The van der Waals surface area contributed by atoms with E-state index in [-0.39, 0.29) is 0 Å². The van der Waals surface area contributed by atoms with Gasteiger partial charge < -0.3 is 9.80 Å². The van der Waals surface area contributed by atoms with E-state index in [1.54, 1.807) is 0 Å². The number of anilines is 5. The van der Waals surface area contributed by atoms with Gasteiger partial charge in [-0.15, -0.1) is 0 Å². The van der Waals surface area contributed by atoms with Gasteiger partial charge in [0.2, 0.25) is 0 Å². The van der Waals surface area contributed by atoms with E-state index in [0.717, 1.165) is 58.1 Å². The molecule has 8 rings (SSSR count). The molecule has 2 aliphatic carbocycles. The molecule has 0 aromatic heterocycles. The summed E-state index contributed by atoms with van der Waals surface area (Å²) in [4.78, 5) is 4.61. The SMILES string of the molecule is C1=CC=C(c2ccc(N(c3ccccc3)c3ccc4c(c3)C=CCC4)cc2)C=CC=1N(c1ccccc1)c1ccc2ccccc2c1. The van der Waals surface area contributed by atoms with Gasteiger partial charge in [0.05, 0.1) is 5.70 Å². The van der Waals surface area contributed by atoms with E-state index >= 15 is 0 Å². The number of fused-ring (bicyclic) bond motifs is 2. The first-order valence-electron chi connectivity index (χ1n) is 16.2. The van der Waals surface area contributed by atoms with E-state index in [0.29, 0.717) is 0 Å². The summed E-state index contributed by atoms with van der Waals surface area (Å²) in [7, 11) is 0. The van der Waals surface area contributed by atoms with Crippen molar-refractivity contribution >= 4 is 50.9 Å². The third kappa shape index (κ3) is 5.87. The number of rotatable bonds is 7. The molecule has 0 spiro atoms. The summed E-state index contributed by atoms with van der Waals surface area (Å²) in [5.41, 5.74) is 15.2. The van der Waals surface area contributed by atoms with Gasteiger partial charge in [0.1, 0.15) is 0 Å². The molecular weight excluding hydrogens is 569 g/mol. The number of hydrogen-bond donors (Lipinski definition) is 0. The molecule has 0 N–H and O–H groups in total. The smallest absolute Gasteiger partial charge is 0.0890 e. The van der Waals surface area contributed by atoms with Crippen LogP contribution in [0.25, 0.3) is 22.4 Å². The summed E-state index contributed by atoms with van der Waals surface area (Å²) in [6, 6.07) is 52.0. The average Bonchev–Trinajstić information content (AvgIpc) is 3.39. The molecule has 0 saturated heterocycles. The topological polar surface area (TPSA) is 6.48 Å². The van der Waals surface area contributed by atoms with Gasteiger partial charge in [-0.3, -0.25) is 0 Å². The minimum atomic E-state index is 0.978. The highest BCUT2D eigenvalue weighted by Crippen LogP contribution is 2.38. The van der Waals surface area contributed by atoms with Gasteiger partial charge in [0, 0.05) is 28.4 Å². The lowest BCUT2D eigenvalue weighted by Crippen LogP contribution is -2.14. The minimum absolute atomic E-state index is 0.978. The molecular formula is C45H34N2. The molecule has 0 amide bonds. The molecule has 0 unspecified atom stereocenters. The molecule has 0 radical (unpaired) electrons. The van der Waals surface area contributed by atoms with Crippen molar-refractivity contribution in [3.63, 3.8) is 0 Å². The molecule has 2 nitrogen and oxygen atoms in total. The number of allylic oxidation sites excluding steroid dienone is 5. The number of aryl methyl sites for hydroxylation is 1. The van der Waals surface area contributed by atoms with Crippen molar-refractivity contribution in [1.29, 1.82) is 0 Å². The maximum Gasteiger partial charge on any atom is 0.0890 e. The fraction of sp³-hybridized carbons (Fsp3) is 0.0444. The van der Waals surface area contributed by atoms with Gasteiger partial charge in [-0.2, -0.15) is 0 Å². The third-order valence-electron chi connectivity index (χ3n) is 8.90. The van der Waals surface area contributed by atoms with Gasteiger partial charge in [-0.05, 0) is 125 Å². The first-order chi connectivity index (χ1) is 23.3. The van der Waals surface area contributed by atoms with Crippen LogP contribution in [0.5, 0.6) is 0 Å². The maximum absolute atomic E-state index is 3.56. The van der Waals surface area contributed by atoms with Crippen molar-refractivity contribution in [2.75, 3.05) is 9.80 Å². The van der Waals surface area contributed by atoms with E-state index in [1.807, 2.05) is 6.08 Å². The van der Waals surface area contributed by atoms with Crippen LogP contribution in [0.3, 0.4) is 0 Å². The maximum atomic E-state index is 3.56. The van der Waals surface area contributed by atoms with Gasteiger partial charge in [-0.25, -0.2) is 0 Å². The Balaban J connectivity index is 1.10. The summed E-state index contributed by atoms with van der Waals surface area (Å²) in [6.45, 7) is 0. The fourth-order valence-electron chi connectivity index (χ4n) is 6.52. The van der Waals surface area contributed by atoms with Gasteiger partial charge in [0.15, 0.2) is 0 Å². The normalized spacial score (nSPS) is 13.4. The van der Waals surface area contributed by atoms with Crippen LogP contribution in [-0.4, -0.2) is 0 Å². The zero-order valence-corrected chi connectivity index (χ0v) is 26.1. The predicted octanol–water partition coefficient (Wildman–Crippen LogP) is 12.1. The summed E-state index contributed by atoms with van der Waals surface area (Å²) >= 11 is 0. The van der Waals surface area contributed by atoms with Crippen LogP contribution in [0, 0.1) is 0 Å². The van der Waals surface area contributed by atoms with Crippen molar-refractivity contribution in [2.24, 2.45) is 0 Å². The van der Waals surface area contributed by atoms with Crippen LogP contribution in [0.2, 0.25) is 0 Å². The first-order valence-corrected chi connectivity index (χ1v) is 16.2. The second kappa shape index (κ2) is 12.7. The summed E-state index contributed by atoms with van der Waals surface area (Å²) in [6.07, 6.45) is 15.3. The van der Waals surface area contributed by atoms with Crippen LogP contribution in [0.1, 0.15) is 23.1 Å². The molecule has 0 aliphatic heterocycles. The summed E-state index contributed by atoms with van der Waals surface area (Å²) in [5, 5.41) is 2.44.